The van der Waals surface area contributed by atoms with Gasteiger partial charge in [-0.2, -0.15) is 0 Å². The summed E-state index contributed by atoms with van der Waals surface area (Å²) in [6, 6.07) is 11.7. The van der Waals surface area contributed by atoms with Crippen LogP contribution in [0.15, 0.2) is 48.8 Å². The zero-order valence-electron chi connectivity index (χ0n) is 15.1. The van der Waals surface area contributed by atoms with Crippen LogP contribution < -0.4 is 4.90 Å². The fraction of sp³-hybridized carbons (Fsp3) is 0.316. The lowest BCUT2D eigenvalue weighted by molar-refractivity contribution is 0.437. The molecule has 4 rings (SSSR count). The van der Waals surface area contributed by atoms with Crippen molar-refractivity contribution >= 4 is 26.7 Å². The van der Waals surface area contributed by atoms with E-state index >= 15 is 0 Å². The van der Waals surface area contributed by atoms with E-state index in [0.717, 1.165) is 35.2 Å². The van der Waals surface area contributed by atoms with Gasteiger partial charge in [-0.05, 0) is 30.7 Å². The molecule has 1 fully saturated rings. The second kappa shape index (κ2) is 7.21. The molecule has 0 N–H and O–H groups in total. The van der Waals surface area contributed by atoms with E-state index in [1.807, 2.05) is 36.4 Å². The number of pyridine rings is 1. The Bertz CT molecular complexity index is 1060. The molecule has 0 atom stereocenters. The van der Waals surface area contributed by atoms with Crippen LogP contribution in [0.5, 0.6) is 0 Å². The number of aromatic nitrogens is 3. The fourth-order valence-corrected chi connectivity index (χ4v) is 4.24. The predicted molar refractivity (Wildman–Crippen MR) is 106 cm³/mol. The number of para-hydroxylation sites is 1. The highest BCUT2D eigenvalue weighted by Crippen LogP contribution is 2.28. The summed E-state index contributed by atoms with van der Waals surface area (Å²) in [7, 11) is -3.18. The van der Waals surface area contributed by atoms with Crippen molar-refractivity contribution in [3.05, 3.63) is 48.8 Å². The molecule has 1 aromatic carbocycles. The van der Waals surface area contributed by atoms with E-state index in [4.69, 9.17) is 9.97 Å². The number of fused-ring (bicyclic) bond motifs is 1. The van der Waals surface area contributed by atoms with E-state index in [1.165, 1.54) is 6.26 Å². The SMILES string of the molecule is CS(=O)(=O)N1CCCN(c2nc(-c3cccnc3)nc3ccccc23)CC1. The highest BCUT2D eigenvalue weighted by molar-refractivity contribution is 7.88. The Balaban J connectivity index is 1.76. The van der Waals surface area contributed by atoms with Crippen LogP contribution in [0.3, 0.4) is 0 Å². The third-order valence-electron chi connectivity index (χ3n) is 4.73. The first-order valence-corrected chi connectivity index (χ1v) is 10.7. The fourth-order valence-electron chi connectivity index (χ4n) is 3.36. The summed E-state index contributed by atoms with van der Waals surface area (Å²) >= 11 is 0. The largest absolute Gasteiger partial charge is 0.355 e. The molecule has 0 saturated carbocycles. The summed E-state index contributed by atoms with van der Waals surface area (Å²) in [6.45, 7) is 2.34. The second-order valence-electron chi connectivity index (χ2n) is 6.63. The topological polar surface area (TPSA) is 79.3 Å². The molecule has 1 aliphatic heterocycles. The van der Waals surface area contributed by atoms with Crippen LogP contribution in [0.1, 0.15) is 6.42 Å². The van der Waals surface area contributed by atoms with Crippen LogP contribution in [0.2, 0.25) is 0 Å². The number of hydrogen-bond acceptors (Lipinski definition) is 6. The quantitative estimate of drug-likeness (QED) is 0.690. The molecule has 7 nitrogen and oxygen atoms in total. The van der Waals surface area contributed by atoms with E-state index in [9.17, 15) is 8.42 Å². The number of anilines is 1. The van der Waals surface area contributed by atoms with Gasteiger partial charge in [0.1, 0.15) is 5.82 Å². The normalized spacial score (nSPS) is 16.4. The van der Waals surface area contributed by atoms with E-state index in [0.29, 0.717) is 25.5 Å². The van der Waals surface area contributed by atoms with E-state index in [2.05, 4.69) is 9.88 Å². The Morgan fingerprint density at radius 1 is 0.963 bits per heavy atom. The van der Waals surface area contributed by atoms with Crippen molar-refractivity contribution in [2.45, 2.75) is 6.42 Å². The van der Waals surface area contributed by atoms with Crippen LogP contribution in [-0.2, 0) is 10.0 Å². The average molecular weight is 383 g/mol. The van der Waals surface area contributed by atoms with Crippen molar-refractivity contribution in [1.29, 1.82) is 0 Å². The Morgan fingerprint density at radius 2 is 1.81 bits per heavy atom. The number of rotatable bonds is 3. The summed E-state index contributed by atoms with van der Waals surface area (Å²) in [5, 5.41) is 0.970. The van der Waals surface area contributed by atoms with Gasteiger partial charge in [0.2, 0.25) is 10.0 Å². The van der Waals surface area contributed by atoms with Gasteiger partial charge in [0, 0.05) is 49.5 Å². The van der Waals surface area contributed by atoms with E-state index < -0.39 is 10.0 Å². The highest BCUT2D eigenvalue weighted by atomic mass is 32.2. The first kappa shape index (κ1) is 17.8. The minimum atomic E-state index is -3.18. The average Bonchev–Trinajstić information content (AvgIpc) is 2.94. The molecule has 0 amide bonds. The molecular formula is C19H21N5O2S. The molecule has 0 spiro atoms. The lowest BCUT2D eigenvalue weighted by atomic mass is 10.2. The summed E-state index contributed by atoms with van der Waals surface area (Å²) < 4.78 is 25.4. The molecule has 2 aromatic heterocycles. The number of benzene rings is 1. The monoisotopic (exact) mass is 383 g/mol. The molecule has 8 heteroatoms. The van der Waals surface area contributed by atoms with Gasteiger partial charge in [0.15, 0.2) is 5.82 Å². The molecule has 1 saturated heterocycles. The molecule has 0 aliphatic carbocycles. The third kappa shape index (κ3) is 3.77. The lowest BCUT2D eigenvalue weighted by Gasteiger charge is -2.24. The maximum absolute atomic E-state index is 11.9. The van der Waals surface area contributed by atoms with Crippen molar-refractivity contribution in [2.24, 2.45) is 0 Å². The lowest BCUT2D eigenvalue weighted by Crippen LogP contribution is -2.34. The van der Waals surface area contributed by atoms with Gasteiger partial charge in [0.05, 0.1) is 11.8 Å². The predicted octanol–water partition coefficient (Wildman–Crippen LogP) is 2.16. The van der Waals surface area contributed by atoms with Crippen LogP contribution in [-0.4, -0.2) is 60.1 Å². The molecule has 3 heterocycles. The number of sulfonamides is 1. The molecule has 0 radical (unpaired) electrons. The van der Waals surface area contributed by atoms with Gasteiger partial charge in [-0.1, -0.05) is 12.1 Å². The summed E-state index contributed by atoms with van der Waals surface area (Å²) in [5.74, 6) is 1.47. The van der Waals surface area contributed by atoms with Gasteiger partial charge in [-0.15, -0.1) is 0 Å². The molecule has 0 bridgehead atoms. The maximum Gasteiger partial charge on any atom is 0.211 e. The molecule has 0 unspecified atom stereocenters. The van der Waals surface area contributed by atoms with Crippen molar-refractivity contribution in [3.8, 4) is 11.4 Å². The van der Waals surface area contributed by atoms with Gasteiger partial charge in [-0.3, -0.25) is 4.98 Å². The Morgan fingerprint density at radius 3 is 2.59 bits per heavy atom. The zero-order chi connectivity index (χ0) is 18.9. The first-order chi connectivity index (χ1) is 13.0. The summed E-state index contributed by atoms with van der Waals surface area (Å²) in [6.07, 6.45) is 5.50. The van der Waals surface area contributed by atoms with Crippen LogP contribution in [0.25, 0.3) is 22.3 Å². The molecule has 140 valence electrons. The van der Waals surface area contributed by atoms with E-state index in [1.54, 1.807) is 16.7 Å². The molecule has 27 heavy (non-hydrogen) atoms. The Kier molecular flexibility index (Phi) is 4.75. The standard InChI is InChI=1S/C19H21N5O2S/c1-27(25,26)24-11-5-10-23(12-13-24)19-16-7-2-3-8-17(16)21-18(22-19)15-6-4-9-20-14-15/h2-4,6-9,14H,5,10-13H2,1H3. The van der Waals surface area contributed by atoms with Crippen LogP contribution >= 0.6 is 0 Å². The Hall–Kier alpha value is -2.58. The molecular weight excluding hydrogens is 362 g/mol. The first-order valence-electron chi connectivity index (χ1n) is 8.89. The van der Waals surface area contributed by atoms with Gasteiger partial charge >= 0.3 is 0 Å². The zero-order valence-corrected chi connectivity index (χ0v) is 15.9. The minimum Gasteiger partial charge on any atom is -0.355 e. The van der Waals surface area contributed by atoms with Gasteiger partial charge in [-0.25, -0.2) is 22.7 Å². The molecule has 1 aliphatic rings. The summed E-state index contributed by atoms with van der Waals surface area (Å²) in [4.78, 5) is 15.9. The maximum atomic E-state index is 11.9. The summed E-state index contributed by atoms with van der Waals surface area (Å²) in [5.41, 5.74) is 1.72. The van der Waals surface area contributed by atoms with Crippen molar-refractivity contribution in [3.63, 3.8) is 0 Å². The van der Waals surface area contributed by atoms with Crippen molar-refractivity contribution in [2.75, 3.05) is 37.3 Å². The van der Waals surface area contributed by atoms with Gasteiger partial charge < -0.3 is 4.90 Å². The second-order valence-corrected chi connectivity index (χ2v) is 8.61. The van der Waals surface area contributed by atoms with E-state index in [-0.39, 0.29) is 0 Å². The minimum absolute atomic E-state index is 0.458. The molecule has 3 aromatic rings. The van der Waals surface area contributed by atoms with Crippen LogP contribution in [0.4, 0.5) is 5.82 Å². The van der Waals surface area contributed by atoms with Crippen molar-refractivity contribution in [1.82, 2.24) is 19.3 Å². The smallest absolute Gasteiger partial charge is 0.211 e. The highest BCUT2D eigenvalue weighted by Gasteiger charge is 2.23. The van der Waals surface area contributed by atoms with Crippen LogP contribution in [0, 0.1) is 0 Å². The van der Waals surface area contributed by atoms with Crippen molar-refractivity contribution < 1.29 is 8.42 Å². The number of nitrogens with zero attached hydrogens (tertiary/aromatic N) is 5. The third-order valence-corrected chi connectivity index (χ3v) is 6.03. The van der Waals surface area contributed by atoms with Gasteiger partial charge in [0.25, 0.3) is 0 Å². The number of hydrogen-bond donors (Lipinski definition) is 0. The Labute approximate surface area is 158 Å².